The molecule has 0 unspecified atom stereocenters. The molecule has 2 aromatic heterocycles. The maximum Gasteiger partial charge on any atom is 0.433 e. The van der Waals surface area contributed by atoms with Gasteiger partial charge in [-0.2, -0.15) is 13.2 Å². The quantitative estimate of drug-likeness (QED) is 0.880. The molecule has 0 atom stereocenters. The van der Waals surface area contributed by atoms with Crippen molar-refractivity contribution >= 4 is 11.6 Å². The van der Waals surface area contributed by atoms with Crippen LogP contribution in [0.3, 0.4) is 0 Å². The largest absolute Gasteiger partial charge is 0.433 e. The second-order valence-corrected chi connectivity index (χ2v) is 4.72. The minimum atomic E-state index is -4.51. The third-order valence-corrected chi connectivity index (χ3v) is 3.14. The second kappa shape index (κ2) is 4.68. The van der Waals surface area contributed by atoms with E-state index in [0.717, 1.165) is 0 Å². The molecule has 0 radical (unpaired) electrons. The molecule has 3 heterocycles. The third kappa shape index (κ3) is 2.34. The lowest BCUT2D eigenvalue weighted by molar-refractivity contribution is -0.141. The highest BCUT2D eigenvalue weighted by Crippen LogP contribution is 2.34. The monoisotopic (exact) mass is 300 g/mol. The summed E-state index contributed by atoms with van der Waals surface area (Å²) in [6.45, 7) is 0.417. The molecule has 3 rings (SSSR count). The first-order chi connectivity index (χ1) is 9.45. The molecule has 0 bridgehead atoms. The number of rotatable bonds is 1. The highest BCUT2D eigenvalue weighted by molar-refractivity contribution is 6.30. The Bertz CT molecular complexity index is 655. The van der Waals surface area contributed by atoms with Crippen molar-refractivity contribution < 1.29 is 13.2 Å². The minimum Gasteiger partial charge on any atom is -0.307 e. The lowest BCUT2D eigenvalue weighted by Crippen LogP contribution is -2.14. The van der Waals surface area contributed by atoms with Gasteiger partial charge in [0.15, 0.2) is 11.5 Å². The fourth-order valence-corrected chi connectivity index (χ4v) is 2.14. The van der Waals surface area contributed by atoms with Crippen molar-refractivity contribution in [1.29, 1.82) is 0 Å². The first-order valence-corrected chi connectivity index (χ1v) is 6.12. The van der Waals surface area contributed by atoms with E-state index in [1.165, 1.54) is 18.3 Å². The van der Waals surface area contributed by atoms with E-state index in [1.54, 1.807) is 0 Å². The molecule has 0 saturated carbocycles. The van der Waals surface area contributed by atoms with Crippen LogP contribution in [0.1, 0.15) is 17.0 Å². The van der Waals surface area contributed by atoms with Crippen LogP contribution in [0.2, 0.25) is 5.02 Å². The van der Waals surface area contributed by atoms with E-state index in [2.05, 4.69) is 20.3 Å². The van der Waals surface area contributed by atoms with Crippen molar-refractivity contribution in [2.24, 2.45) is 0 Å². The van der Waals surface area contributed by atoms with Gasteiger partial charge in [0.25, 0.3) is 0 Å². The molecule has 0 aliphatic carbocycles. The Kier molecular flexibility index (Phi) is 3.10. The zero-order valence-corrected chi connectivity index (χ0v) is 10.8. The van der Waals surface area contributed by atoms with Crippen LogP contribution in [0.5, 0.6) is 0 Å². The number of nitrogens with one attached hydrogen (secondary N) is 1. The number of nitrogens with zero attached hydrogens (tertiary/aromatic N) is 3. The number of halogens is 4. The summed E-state index contributed by atoms with van der Waals surface area (Å²) in [4.78, 5) is 11.7. The zero-order chi connectivity index (χ0) is 14.3. The summed E-state index contributed by atoms with van der Waals surface area (Å²) in [6, 6.07) is 3.03. The molecule has 20 heavy (non-hydrogen) atoms. The van der Waals surface area contributed by atoms with Crippen LogP contribution < -0.4 is 5.32 Å². The first-order valence-electron chi connectivity index (χ1n) is 5.75. The van der Waals surface area contributed by atoms with Gasteiger partial charge in [-0.15, -0.1) is 0 Å². The standard InChI is InChI=1S/C12H8ClF3N4/c13-6-1-2-8(18-3-6)11-19-9-5-17-4-7(9)10(20-11)12(14,15)16/h1-3,17H,4-5H2. The summed E-state index contributed by atoms with van der Waals surface area (Å²) < 4.78 is 39.1. The van der Waals surface area contributed by atoms with Gasteiger partial charge in [-0.3, -0.25) is 4.98 Å². The molecule has 1 aliphatic heterocycles. The molecule has 0 saturated heterocycles. The fourth-order valence-electron chi connectivity index (χ4n) is 2.03. The Morgan fingerprint density at radius 2 is 1.95 bits per heavy atom. The Morgan fingerprint density at radius 3 is 2.60 bits per heavy atom. The van der Waals surface area contributed by atoms with Gasteiger partial charge in [0.1, 0.15) is 5.69 Å². The topological polar surface area (TPSA) is 50.7 Å². The van der Waals surface area contributed by atoms with Gasteiger partial charge < -0.3 is 5.32 Å². The SMILES string of the molecule is FC(F)(F)c1nc(-c2ccc(Cl)cn2)nc2c1CNC2. The fraction of sp³-hybridized carbons (Fsp3) is 0.250. The first kappa shape index (κ1) is 13.3. The predicted molar refractivity (Wildman–Crippen MR) is 65.8 cm³/mol. The van der Waals surface area contributed by atoms with Crippen molar-refractivity contribution in [3.05, 3.63) is 40.3 Å². The van der Waals surface area contributed by atoms with Crippen LogP contribution in [-0.4, -0.2) is 15.0 Å². The molecule has 2 aromatic rings. The maximum atomic E-state index is 13.0. The van der Waals surface area contributed by atoms with Crippen LogP contribution in [0.4, 0.5) is 13.2 Å². The Hall–Kier alpha value is -1.73. The lowest BCUT2D eigenvalue weighted by atomic mass is 10.1. The van der Waals surface area contributed by atoms with Crippen LogP contribution in [0, 0.1) is 0 Å². The number of fused-ring (bicyclic) bond motifs is 1. The average molecular weight is 301 g/mol. The molecule has 0 aromatic carbocycles. The third-order valence-electron chi connectivity index (χ3n) is 2.91. The van der Waals surface area contributed by atoms with Crippen molar-refractivity contribution in [2.45, 2.75) is 19.3 Å². The van der Waals surface area contributed by atoms with E-state index in [4.69, 9.17) is 11.6 Å². The van der Waals surface area contributed by atoms with Crippen LogP contribution in [0.25, 0.3) is 11.5 Å². The van der Waals surface area contributed by atoms with Gasteiger partial charge in [-0.25, -0.2) is 9.97 Å². The van der Waals surface area contributed by atoms with Gasteiger partial charge >= 0.3 is 6.18 Å². The number of aromatic nitrogens is 3. The summed E-state index contributed by atoms with van der Waals surface area (Å²) in [5, 5.41) is 3.24. The minimum absolute atomic E-state index is 0.0450. The molecule has 0 amide bonds. The second-order valence-electron chi connectivity index (χ2n) is 4.28. The summed E-state index contributed by atoms with van der Waals surface area (Å²) in [7, 11) is 0. The zero-order valence-electron chi connectivity index (χ0n) is 10.00. The van der Waals surface area contributed by atoms with E-state index < -0.39 is 11.9 Å². The number of pyridine rings is 1. The smallest absolute Gasteiger partial charge is 0.307 e. The molecule has 8 heteroatoms. The molecule has 0 spiro atoms. The van der Waals surface area contributed by atoms with E-state index in [9.17, 15) is 13.2 Å². The molecule has 1 N–H and O–H groups in total. The highest BCUT2D eigenvalue weighted by Gasteiger charge is 2.38. The molecule has 104 valence electrons. The Balaban J connectivity index is 2.16. The summed E-state index contributed by atoms with van der Waals surface area (Å²) in [5.74, 6) is -0.0450. The van der Waals surface area contributed by atoms with Crippen molar-refractivity contribution in [1.82, 2.24) is 20.3 Å². The van der Waals surface area contributed by atoms with Crippen molar-refractivity contribution in [3.8, 4) is 11.5 Å². The summed E-state index contributed by atoms with van der Waals surface area (Å²) in [5.41, 5.74) is -0.178. The molecule has 4 nitrogen and oxygen atoms in total. The average Bonchev–Trinajstić information content (AvgIpc) is 2.85. The highest BCUT2D eigenvalue weighted by atomic mass is 35.5. The van der Waals surface area contributed by atoms with Gasteiger partial charge in [-0.1, -0.05) is 11.6 Å². The number of hydrogen-bond acceptors (Lipinski definition) is 4. The lowest BCUT2D eigenvalue weighted by Gasteiger charge is -2.11. The van der Waals surface area contributed by atoms with E-state index in [1.807, 2.05) is 0 Å². The van der Waals surface area contributed by atoms with Gasteiger partial charge in [-0.05, 0) is 12.1 Å². The summed E-state index contributed by atoms with van der Waals surface area (Å²) in [6.07, 6.45) is -3.17. The number of hydrogen-bond donors (Lipinski definition) is 1. The maximum absolute atomic E-state index is 13.0. The van der Waals surface area contributed by atoms with Gasteiger partial charge in [0.05, 0.1) is 10.7 Å². The van der Waals surface area contributed by atoms with E-state index in [0.29, 0.717) is 17.3 Å². The summed E-state index contributed by atoms with van der Waals surface area (Å²) >= 11 is 5.70. The normalized spacial score (nSPS) is 14.4. The van der Waals surface area contributed by atoms with Crippen LogP contribution >= 0.6 is 11.6 Å². The Morgan fingerprint density at radius 1 is 1.15 bits per heavy atom. The predicted octanol–water partition coefficient (Wildman–Crippen LogP) is 2.81. The van der Waals surface area contributed by atoms with Crippen molar-refractivity contribution in [2.75, 3.05) is 0 Å². The van der Waals surface area contributed by atoms with Gasteiger partial charge in [0, 0.05) is 24.8 Å². The molecular formula is C12H8ClF3N4. The van der Waals surface area contributed by atoms with Gasteiger partial charge in [0.2, 0.25) is 0 Å². The van der Waals surface area contributed by atoms with Crippen molar-refractivity contribution in [3.63, 3.8) is 0 Å². The van der Waals surface area contributed by atoms with Crippen LogP contribution in [-0.2, 0) is 19.3 Å². The molecular weight excluding hydrogens is 293 g/mol. The molecule has 1 aliphatic rings. The van der Waals surface area contributed by atoms with Crippen LogP contribution in [0.15, 0.2) is 18.3 Å². The Labute approximate surface area is 117 Å². The molecule has 0 fully saturated rings. The number of alkyl halides is 3. The van der Waals surface area contributed by atoms with E-state index in [-0.39, 0.29) is 23.6 Å². The van der Waals surface area contributed by atoms with E-state index >= 15 is 0 Å².